The SMILES string of the molecule is COc1cc(F)ccc1NC(=O)c1cnn(-c2ccccc2)c1C. The van der Waals surface area contributed by atoms with E-state index in [9.17, 15) is 9.18 Å². The van der Waals surface area contributed by atoms with E-state index in [1.54, 1.807) is 4.68 Å². The van der Waals surface area contributed by atoms with Gasteiger partial charge in [-0.2, -0.15) is 5.10 Å². The zero-order chi connectivity index (χ0) is 17.1. The normalized spacial score (nSPS) is 10.5. The number of para-hydroxylation sites is 1. The Morgan fingerprint density at radius 3 is 2.67 bits per heavy atom. The van der Waals surface area contributed by atoms with Crippen molar-refractivity contribution in [2.75, 3.05) is 12.4 Å². The summed E-state index contributed by atoms with van der Waals surface area (Å²) in [5, 5.41) is 7.00. The highest BCUT2D eigenvalue weighted by atomic mass is 19.1. The Labute approximate surface area is 138 Å². The van der Waals surface area contributed by atoms with Crippen LogP contribution in [0.25, 0.3) is 5.69 Å². The number of anilines is 1. The molecule has 0 spiro atoms. The van der Waals surface area contributed by atoms with E-state index in [0.717, 1.165) is 5.69 Å². The van der Waals surface area contributed by atoms with E-state index in [1.165, 1.54) is 31.5 Å². The van der Waals surface area contributed by atoms with Crippen molar-refractivity contribution in [3.8, 4) is 11.4 Å². The van der Waals surface area contributed by atoms with Gasteiger partial charge in [-0.3, -0.25) is 4.79 Å². The molecule has 1 heterocycles. The molecule has 0 atom stereocenters. The number of nitrogens with zero attached hydrogens (tertiary/aromatic N) is 2. The van der Waals surface area contributed by atoms with E-state index in [1.807, 2.05) is 37.3 Å². The molecule has 0 aliphatic heterocycles. The van der Waals surface area contributed by atoms with Crippen LogP contribution in [-0.2, 0) is 0 Å². The standard InChI is InChI=1S/C18H16FN3O2/c1-12-15(11-20-22(12)14-6-4-3-5-7-14)18(23)21-16-9-8-13(19)10-17(16)24-2/h3-11H,1-2H3,(H,21,23). The van der Waals surface area contributed by atoms with Gasteiger partial charge < -0.3 is 10.1 Å². The molecule has 0 aliphatic rings. The molecule has 3 rings (SSSR count). The zero-order valence-corrected chi connectivity index (χ0v) is 13.3. The average Bonchev–Trinajstić information content (AvgIpc) is 2.98. The Bertz CT molecular complexity index is 875. The third-order valence-corrected chi connectivity index (χ3v) is 3.67. The third-order valence-electron chi connectivity index (χ3n) is 3.67. The number of carbonyl (C=O) groups is 1. The number of nitrogens with one attached hydrogen (secondary N) is 1. The zero-order valence-electron chi connectivity index (χ0n) is 13.3. The van der Waals surface area contributed by atoms with Crippen LogP contribution in [0.5, 0.6) is 5.75 Å². The second-order valence-electron chi connectivity index (χ2n) is 5.19. The Kier molecular flexibility index (Phi) is 4.29. The number of methoxy groups -OCH3 is 1. The molecule has 6 heteroatoms. The molecule has 1 N–H and O–H groups in total. The monoisotopic (exact) mass is 325 g/mol. The molecule has 3 aromatic rings. The van der Waals surface area contributed by atoms with E-state index in [-0.39, 0.29) is 11.7 Å². The van der Waals surface area contributed by atoms with Gasteiger partial charge in [-0.1, -0.05) is 18.2 Å². The van der Waals surface area contributed by atoms with Crippen LogP contribution in [0.4, 0.5) is 10.1 Å². The average molecular weight is 325 g/mol. The van der Waals surface area contributed by atoms with Crippen LogP contribution in [0.3, 0.4) is 0 Å². The Hall–Kier alpha value is -3.15. The van der Waals surface area contributed by atoms with Crippen molar-refractivity contribution in [1.29, 1.82) is 0 Å². The smallest absolute Gasteiger partial charge is 0.259 e. The molecule has 0 saturated heterocycles. The van der Waals surface area contributed by atoms with Gasteiger partial charge in [0.15, 0.2) is 0 Å². The van der Waals surface area contributed by atoms with Crippen LogP contribution in [0.15, 0.2) is 54.7 Å². The van der Waals surface area contributed by atoms with E-state index in [2.05, 4.69) is 10.4 Å². The van der Waals surface area contributed by atoms with Crippen LogP contribution in [0.2, 0.25) is 0 Å². The number of ether oxygens (including phenoxy) is 1. The summed E-state index contributed by atoms with van der Waals surface area (Å²) >= 11 is 0. The number of halogens is 1. The maximum absolute atomic E-state index is 13.2. The molecule has 1 aromatic heterocycles. The predicted molar refractivity (Wildman–Crippen MR) is 89.2 cm³/mol. The minimum absolute atomic E-state index is 0.261. The van der Waals surface area contributed by atoms with Gasteiger partial charge in [0.2, 0.25) is 0 Å². The summed E-state index contributed by atoms with van der Waals surface area (Å²) in [5.41, 5.74) is 2.41. The van der Waals surface area contributed by atoms with Crippen molar-refractivity contribution >= 4 is 11.6 Å². The van der Waals surface area contributed by atoms with E-state index < -0.39 is 5.82 Å². The number of rotatable bonds is 4. The molecule has 1 amide bonds. The topological polar surface area (TPSA) is 56.1 Å². The fourth-order valence-electron chi connectivity index (χ4n) is 2.42. The molecular formula is C18H16FN3O2. The highest BCUT2D eigenvalue weighted by Crippen LogP contribution is 2.26. The minimum Gasteiger partial charge on any atom is -0.494 e. The molecular weight excluding hydrogens is 309 g/mol. The van der Waals surface area contributed by atoms with Crippen molar-refractivity contribution in [3.05, 3.63) is 71.8 Å². The number of amides is 1. The maximum Gasteiger partial charge on any atom is 0.259 e. The van der Waals surface area contributed by atoms with E-state index in [0.29, 0.717) is 16.9 Å². The molecule has 0 bridgehead atoms. The van der Waals surface area contributed by atoms with Crippen molar-refractivity contribution in [2.24, 2.45) is 0 Å². The summed E-state index contributed by atoms with van der Waals surface area (Å²) in [6, 6.07) is 13.5. The number of hydrogen-bond acceptors (Lipinski definition) is 3. The summed E-state index contributed by atoms with van der Waals surface area (Å²) in [7, 11) is 1.42. The molecule has 2 aromatic carbocycles. The van der Waals surface area contributed by atoms with Crippen LogP contribution in [-0.4, -0.2) is 22.8 Å². The number of aromatic nitrogens is 2. The first kappa shape index (κ1) is 15.7. The van der Waals surface area contributed by atoms with Crippen LogP contribution in [0.1, 0.15) is 16.1 Å². The second-order valence-corrected chi connectivity index (χ2v) is 5.19. The highest BCUT2D eigenvalue weighted by Gasteiger charge is 2.17. The van der Waals surface area contributed by atoms with Crippen molar-refractivity contribution in [2.45, 2.75) is 6.92 Å². The first-order chi connectivity index (χ1) is 11.6. The Morgan fingerprint density at radius 2 is 1.96 bits per heavy atom. The predicted octanol–water partition coefficient (Wildman–Crippen LogP) is 3.58. The van der Waals surface area contributed by atoms with Crippen molar-refractivity contribution in [1.82, 2.24) is 9.78 Å². The van der Waals surface area contributed by atoms with Crippen molar-refractivity contribution in [3.63, 3.8) is 0 Å². The van der Waals surface area contributed by atoms with Crippen LogP contribution in [0, 0.1) is 12.7 Å². The molecule has 0 fully saturated rings. The quantitative estimate of drug-likeness (QED) is 0.797. The molecule has 0 saturated carbocycles. The van der Waals surface area contributed by atoms with Crippen molar-refractivity contribution < 1.29 is 13.9 Å². The van der Waals surface area contributed by atoms with Gasteiger partial charge >= 0.3 is 0 Å². The summed E-state index contributed by atoms with van der Waals surface area (Å²) in [4.78, 5) is 12.5. The largest absolute Gasteiger partial charge is 0.494 e. The molecule has 0 aliphatic carbocycles. The highest BCUT2D eigenvalue weighted by molar-refractivity contribution is 6.05. The minimum atomic E-state index is -0.432. The van der Waals surface area contributed by atoms with Gasteiger partial charge in [-0.05, 0) is 31.2 Å². The Morgan fingerprint density at radius 1 is 1.21 bits per heavy atom. The van der Waals surface area contributed by atoms with Crippen LogP contribution >= 0.6 is 0 Å². The summed E-state index contributed by atoms with van der Waals surface area (Å²) < 4.78 is 20.0. The first-order valence-corrected chi connectivity index (χ1v) is 7.35. The lowest BCUT2D eigenvalue weighted by molar-refractivity contribution is 0.102. The third kappa shape index (κ3) is 2.99. The van der Waals surface area contributed by atoms with Gasteiger partial charge in [0.05, 0.1) is 35.9 Å². The molecule has 0 radical (unpaired) electrons. The van der Waals surface area contributed by atoms with Crippen LogP contribution < -0.4 is 10.1 Å². The van der Waals surface area contributed by atoms with E-state index >= 15 is 0 Å². The summed E-state index contributed by atoms with van der Waals surface area (Å²) in [6.07, 6.45) is 1.51. The lowest BCUT2D eigenvalue weighted by atomic mass is 10.2. The Balaban J connectivity index is 1.88. The van der Waals surface area contributed by atoms with E-state index in [4.69, 9.17) is 4.74 Å². The number of benzene rings is 2. The molecule has 5 nitrogen and oxygen atoms in total. The summed E-state index contributed by atoms with van der Waals surface area (Å²) in [5.74, 6) is -0.506. The maximum atomic E-state index is 13.2. The van der Waals surface area contributed by atoms with Gasteiger partial charge in [-0.15, -0.1) is 0 Å². The lowest BCUT2D eigenvalue weighted by Gasteiger charge is -2.10. The molecule has 122 valence electrons. The molecule has 24 heavy (non-hydrogen) atoms. The fourth-order valence-corrected chi connectivity index (χ4v) is 2.42. The summed E-state index contributed by atoms with van der Waals surface area (Å²) in [6.45, 7) is 1.82. The van der Waals surface area contributed by atoms with Gasteiger partial charge in [-0.25, -0.2) is 9.07 Å². The second kappa shape index (κ2) is 6.54. The fraction of sp³-hybridized carbons (Fsp3) is 0.111. The van der Waals surface area contributed by atoms with Gasteiger partial charge in [0.25, 0.3) is 5.91 Å². The molecule has 0 unspecified atom stereocenters. The van der Waals surface area contributed by atoms with Gasteiger partial charge in [0, 0.05) is 6.07 Å². The number of carbonyl (C=O) groups excluding carboxylic acids is 1. The lowest BCUT2D eigenvalue weighted by Crippen LogP contribution is -2.14. The first-order valence-electron chi connectivity index (χ1n) is 7.35. The number of hydrogen-bond donors (Lipinski definition) is 1. The van der Waals surface area contributed by atoms with Gasteiger partial charge in [0.1, 0.15) is 11.6 Å².